The number of hydrogen-bond donors (Lipinski definition) is 0. The van der Waals surface area contributed by atoms with E-state index in [1.54, 1.807) is 17.6 Å². The van der Waals surface area contributed by atoms with E-state index in [2.05, 4.69) is 64.5 Å². The fourth-order valence-electron chi connectivity index (χ4n) is 5.09. The van der Waals surface area contributed by atoms with Gasteiger partial charge in [-0.3, -0.25) is 9.20 Å². The normalized spacial score (nSPS) is 11.5. The summed E-state index contributed by atoms with van der Waals surface area (Å²) in [6, 6.07) is 32.6. The lowest BCUT2D eigenvalue weighted by Gasteiger charge is -2.22. The molecule has 3 aromatic heterocycles. The van der Waals surface area contributed by atoms with E-state index in [1.165, 1.54) is 10.8 Å². The molecule has 1 amide bonds. The van der Waals surface area contributed by atoms with Gasteiger partial charge in [-0.2, -0.15) is 0 Å². The first-order valence-corrected chi connectivity index (χ1v) is 13.8. The van der Waals surface area contributed by atoms with Crippen molar-refractivity contribution in [2.75, 3.05) is 6.54 Å². The summed E-state index contributed by atoms with van der Waals surface area (Å²) in [4.78, 5) is 21.4. The third kappa shape index (κ3) is 4.60. The highest BCUT2D eigenvalue weighted by molar-refractivity contribution is 7.15. The van der Waals surface area contributed by atoms with Crippen molar-refractivity contribution in [1.82, 2.24) is 14.3 Å². The first-order valence-electron chi connectivity index (χ1n) is 13.0. The van der Waals surface area contributed by atoms with Crippen LogP contribution in [0.1, 0.15) is 21.8 Å². The van der Waals surface area contributed by atoms with Crippen LogP contribution in [0.2, 0.25) is 0 Å². The molecule has 0 saturated heterocycles. The Balaban J connectivity index is 1.16. The number of nitrogens with zero attached hydrogens (tertiary/aromatic N) is 3. The molecule has 3 heterocycles. The van der Waals surface area contributed by atoms with E-state index in [9.17, 15) is 4.79 Å². The van der Waals surface area contributed by atoms with Crippen molar-refractivity contribution in [1.29, 1.82) is 0 Å². The van der Waals surface area contributed by atoms with Crippen LogP contribution in [-0.2, 0) is 13.0 Å². The molecule has 7 rings (SSSR count). The monoisotopic (exact) mass is 527 g/mol. The Kier molecular flexibility index (Phi) is 5.94. The van der Waals surface area contributed by atoms with Crippen LogP contribution in [0.3, 0.4) is 0 Å². The second-order valence-corrected chi connectivity index (χ2v) is 10.5. The smallest absolute Gasteiger partial charge is 0.254 e. The Hall–Kier alpha value is -4.68. The summed E-state index contributed by atoms with van der Waals surface area (Å²) in [5.74, 6) is 0.756. The van der Waals surface area contributed by atoms with E-state index in [1.807, 2.05) is 53.4 Å². The van der Waals surface area contributed by atoms with Crippen LogP contribution in [0.15, 0.2) is 119 Å². The van der Waals surface area contributed by atoms with Gasteiger partial charge >= 0.3 is 0 Å². The van der Waals surface area contributed by atoms with Crippen molar-refractivity contribution in [3.63, 3.8) is 0 Å². The van der Waals surface area contributed by atoms with Gasteiger partial charge < -0.3 is 9.32 Å². The second kappa shape index (κ2) is 9.89. The Morgan fingerprint density at radius 2 is 1.59 bits per heavy atom. The first-order chi connectivity index (χ1) is 19.2. The number of fused-ring (bicyclic) bond motifs is 3. The maximum absolute atomic E-state index is 13.7. The Labute approximate surface area is 229 Å². The maximum Gasteiger partial charge on any atom is 0.254 e. The van der Waals surface area contributed by atoms with E-state index in [0.29, 0.717) is 25.1 Å². The summed E-state index contributed by atoms with van der Waals surface area (Å²) in [6.45, 7) is 0.972. The third-order valence-corrected chi connectivity index (χ3v) is 8.07. The topological polar surface area (TPSA) is 50.8 Å². The zero-order valence-electron chi connectivity index (χ0n) is 21.2. The number of imidazole rings is 1. The van der Waals surface area contributed by atoms with E-state index < -0.39 is 0 Å². The molecule has 0 atom stereocenters. The average Bonchev–Trinajstić information content (AvgIpc) is 3.73. The Morgan fingerprint density at radius 3 is 2.36 bits per heavy atom. The number of rotatable bonds is 7. The van der Waals surface area contributed by atoms with Crippen LogP contribution >= 0.6 is 11.3 Å². The molecule has 0 bridgehead atoms. The molecule has 5 nitrogen and oxygen atoms in total. The predicted molar refractivity (Wildman–Crippen MR) is 157 cm³/mol. The summed E-state index contributed by atoms with van der Waals surface area (Å²) < 4.78 is 7.76. The van der Waals surface area contributed by atoms with Crippen molar-refractivity contribution in [3.8, 4) is 11.3 Å². The molecule has 0 N–H and O–H groups in total. The number of thiazole rings is 1. The molecule has 0 spiro atoms. The summed E-state index contributed by atoms with van der Waals surface area (Å²) in [5, 5.41) is 6.73. The second-order valence-electron chi connectivity index (χ2n) is 9.69. The lowest BCUT2D eigenvalue weighted by molar-refractivity contribution is 0.0733. The minimum Gasteiger partial charge on any atom is -0.467 e. The molecule has 0 aliphatic heterocycles. The minimum atomic E-state index is -0.00823. The molecule has 0 unspecified atom stereocenters. The SMILES string of the molecule is O=C(c1ccc2ccccc2c1)N(CCc1csc2nc(-c3ccc4ccccc4c3)cn12)Cc1ccco1. The van der Waals surface area contributed by atoms with Crippen molar-refractivity contribution in [2.24, 2.45) is 0 Å². The molecule has 7 aromatic rings. The number of furan rings is 1. The van der Waals surface area contributed by atoms with E-state index in [4.69, 9.17) is 9.40 Å². The molecule has 6 heteroatoms. The average molecular weight is 528 g/mol. The number of amides is 1. The molecule has 39 heavy (non-hydrogen) atoms. The van der Waals surface area contributed by atoms with Crippen LogP contribution in [0.25, 0.3) is 37.8 Å². The van der Waals surface area contributed by atoms with E-state index in [0.717, 1.165) is 38.4 Å². The van der Waals surface area contributed by atoms with Crippen LogP contribution in [0.4, 0.5) is 0 Å². The van der Waals surface area contributed by atoms with Crippen molar-refractivity contribution < 1.29 is 9.21 Å². The summed E-state index contributed by atoms with van der Waals surface area (Å²) in [7, 11) is 0. The largest absolute Gasteiger partial charge is 0.467 e. The fourth-order valence-corrected chi connectivity index (χ4v) is 6.00. The van der Waals surface area contributed by atoms with Crippen LogP contribution in [-0.4, -0.2) is 26.7 Å². The van der Waals surface area contributed by atoms with Crippen molar-refractivity contribution in [2.45, 2.75) is 13.0 Å². The summed E-state index contributed by atoms with van der Waals surface area (Å²) in [5.41, 5.74) is 3.86. The van der Waals surface area contributed by atoms with Crippen LogP contribution in [0.5, 0.6) is 0 Å². The highest BCUT2D eigenvalue weighted by Gasteiger charge is 2.19. The summed E-state index contributed by atoms with van der Waals surface area (Å²) >= 11 is 1.63. The molecule has 0 fully saturated rings. The zero-order valence-corrected chi connectivity index (χ0v) is 22.0. The van der Waals surface area contributed by atoms with E-state index >= 15 is 0 Å². The van der Waals surface area contributed by atoms with Gasteiger partial charge in [-0.25, -0.2) is 4.98 Å². The van der Waals surface area contributed by atoms with Crippen LogP contribution in [0, 0.1) is 0 Å². The number of benzene rings is 4. The van der Waals surface area contributed by atoms with Gasteiger partial charge in [-0.1, -0.05) is 66.7 Å². The standard InChI is InChI=1S/C33H25N3O2S/c37-32(28-14-12-24-7-2-4-9-26(24)19-28)35(20-30-10-5-17-38-30)16-15-29-22-39-33-34-31(21-36(29)33)27-13-11-23-6-1-3-8-25(23)18-27/h1-14,17-19,21-22H,15-16,20H2. The summed E-state index contributed by atoms with van der Waals surface area (Å²) in [6.07, 6.45) is 4.46. The van der Waals surface area contributed by atoms with E-state index in [-0.39, 0.29) is 5.91 Å². The van der Waals surface area contributed by atoms with Gasteiger partial charge in [0.15, 0.2) is 4.96 Å². The molecular weight excluding hydrogens is 502 g/mol. The number of hydrogen-bond acceptors (Lipinski definition) is 4. The minimum absolute atomic E-state index is 0.00823. The molecule has 0 aliphatic rings. The number of carbonyl (C=O) groups is 1. The molecule has 0 saturated carbocycles. The maximum atomic E-state index is 13.7. The Morgan fingerprint density at radius 1 is 0.846 bits per heavy atom. The van der Waals surface area contributed by atoms with Crippen LogP contribution < -0.4 is 0 Å². The van der Waals surface area contributed by atoms with Gasteiger partial charge in [-0.15, -0.1) is 11.3 Å². The molecule has 190 valence electrons. The fraction of sp³-hybridized carbons (Fsp3) is 0.0909. The van der Waals surface area contributed by atoms with Gasteiger partial charge in [0.05, 0.1) is 18.5 Å². The van der Waals surface area contributed by atoms with Gasteiger partial charge in [0.25, 0.3) is 5.91 Å². The zero-order chi connectivity index (χ0) is 26.2. The highest BCUT2D eigenvalue weighted by atomic mass is 32.1. The lowest BCUT2D eigenvalue weighted by atomic mass is 10.1. The number of aromatic nitrogens is 2. The predicted octanol–water partition coefficient (Wildman–Crippen LogP) is 7.85. The molecule has 0 aliphatic carbocycles. The molecular formula is C33H25N3O2S. The molecule has 4 aromatic carbocycles. The van der Waals surface area contributed by atoms with Crippen molar-refractivity contribution >= 4 is 43.7 Å². The first kappa shape index (κ1) is 23.4. The lowest BCUT2D eigenvalue weighted by Crippen LogP contribution is -2.32. The van der Waals surface area contributed by atoms with Crippen molar-refractivity contribution in [3.05, 3.63) is 132 Å². The van der Waals surface area contributed by atoms with Gasteiger partial charge in [0.1, 0.15) is 5.76 Å². The van der Waals surface area contributed by atoms with Gasteiger partial charge in [0, 0.05) is 41.4 Å². The molecule has 0 radical (unpaired) electrons. The number of carbonyl (C=O) groups excluding carboxylic acids is 1. The van der Waals surface area contributed by atoms with Gasteiger partial charge in [0.2, 0.25) is 0 Å². The highest BCUT2D eigenvalue weighted by Crippen LogP contribution is 2.27. The Bertz CT molecular complexity index is 1930. The van der Waals surface area contributed by atoms with Gasteiger partial charge in [-0.05, 0) is 51.9 Å². The third-order valence-electron chi connectivity index (χ3n) is 7.18. The quantitative estimate of drug-likeness (QED) is 0.212.